The molecule has 2 N–H and O–H groups in total. The summed E-state index contributed by atoms with van der Waals surface area (Å²) < 4.78 is 0. The number of nitrogens with zero attached hydrogens (tertiary/aromatic N) is 1. The van der Waals surface area contributed by atoms with Crippen LogP contribution in [0.25, 0.3) is 0 Å². The number of aliphatic imine (C=N–C) groups is 1. The summed E-state index contributed by atoms with van der Waals surface area (Å²) in [5.74, 6) is 1.43. The van der Waals surface area contributed by atoms with E-state index < -0.39 is 0 Å². The van der Waals surface area contributed by atoms with E-state index in [4.69, 9.17) is 0 Å². The monoisotopic (exact) mass is 315 g/mol. The van der Waals surface area contributed by atoms with Crippen LogP contribution in [0.2, 0.25) is 0 Å². The topological polar surface area (TPSA) is 36.4 Å². The van der Waals surface area contributed by atoms with E-state index in [1.807, 2.05) is 24.5 Å². The Morgan fingerprint density at radius 1 is 1.14 bits per heavy atom. The molecule has 1 aromatic heterocycles. The molecule has 2 unspecified atom stereocenters. The average molecular weight is 315 g/mol. The van der Waals surface area contributed by atoms with Crippen LogP contribution in [-0.4, -0.2) is 19.6 Å². The summed E-state index contributed by atoms with van der Waals surface area (Å²) in [6.45, 7) is 5.33. The number of guanidine groups is 1. The lowest BCUT2D eigenvalue weighted by Gasteiger charge is -2.20. The van der Waals surface area contributed by atoms with Crippen molar-refractivity contribution in [3.63, 3.8) is 0 Å². The lowest BCUT2D eigenvalue weighted by Crippen LogP contribution is -2.40. The van der Waals surface area contributed by atoms with Crippen molar-refractivity contribution in [1.82, 2.24) is 10.6 Å². The lowest BCUT2D eigenvalue weighted by atomic mass is 10.1. The highest BCUT2D eigenvalue weighted by Gasteiger charge is 2.09. The minimum absolute atomic E-state index is 0.236. The summed E-state index contributed by atoms with van der Waals surface area (Å²) in [5.41, 5.74) is 1.26. The van der Waals surface area contributed by atoms with E-state index in [1.54, 1.807) is 0 Å². The van der Waals surface area contributed by atoms with Crippen LogP contribution in [0.4, 0.5) is 0 Å². The molecular weight excluding hydrogens is 290 g/mol. The molecule has 2 aromatic rings. The van der Waals surface area contributed by atoms with Crippen molar-refractivity contribution in [3.05, 3.63) is 58.3 Å². The van der Waals surface area contributed by atoms with Gasteiger partial charge in [-0.2, -0.15) is 0 Å². The molecule has 2 rings (SSSR count). The van der Waals surface area contributed by atoms with Crippen LogP contribution in [0.1, 0.15) is 30.3 Å². The molecule has 3 nitrogen and oxygen atoms in total. The molecule has 0 radical (unpaired) electrons. The fraction of sp³-hybridized carbons (Fsp3) is 0.389. The van der Waals surface area contributed by atoms with Gasteiger partial charge in [0.05, 0.1) is 6.04 Å². The number of thiophene rings is 1. The summed E-state index contributed by atoms with van der Waals surface area (Å²) in [4.78, 5) is 5.76. The van der Waals surface area contributed by atoms with Crippen molar-refractivity contribution in [2.24, 2.45) is 10.9 Å². The average Bonchev–Trinajstić information content (AvgIpc) is 3.05. The zero-order chi connectivity index (χ0) is 15.8. The van der Waals surface area contributed by atoms with E-state index in [-0.39, 0.29) is 6.04 Å². The molecule has 0 saturated heterocycles. The number of rotatable bonds is 6. The van der Waals surface area contributed by atoms with Gasteiger partial charge in [-0.15, -0.1) is 11.3 Å². The van der Waals surface area contributed by atoms with Crippen molar-refractivity contribution in [2.75, 3.05) is 13.6 Å². The first-order chi connectivity index (χ1) is 10.7. The van der Waals surface area contributed by atoms with Crippen molar-refractivity contribution in [1.29, 1.82) is 0 Å². The molecule has 0 saturated carbocycles. The first-order valence-corrected chi connectivity index (χ1v) is 8.61. The Bertz CT molecular complexity index is 563. The van der Waals surface area contributed by atoms with Gasteiger partial charge >= 0.3 is 0 Å². The second kappa shape index (κ2) is 8.59. The number of hydrogen-bond acceptors (Lipinski definition) is 2. The number of benzene rings is 1. The van der Waals surface area contributed by atoms with Gasteiger partial charge in [-0.25, -0.2) is 0 Å². The molecule has 2 atom stereocenters. The summed E-state index contributed by atoms with van der Waals surface area (Å²) in [5, 5.41) is 9.00. The van der Waals surface area contributed by atoms with Crippen molar-refractivity contribution < 1.29 is 0 Å². The molecule has 4 heteroatoms. The third-order valence-corrected chi connectivity index (χ3v) is 4.52. The third-order valence-electron chi connectivity index (χ3n) is 3.62. The molecule has 118 valence electrons. The van der Waals surface area contributed by atoms with E-state index in [1.165, 1.54) is 10.4 Å². The molecule has 1 aromatic carbocycles. The Balaban J connectivity index is 1.80. The SMILES string of the molecule is CN=C(NCC(C)Cc1cccs1)NC(C)c1ccccc1. The standard InChI is InChI=1S/C18H25N3S/c1-14(12-17-10-7-11-22-17)13-20-18(19-3)21-15(2)16-8-5-4-6-9-16/h4-11,14-15H,12-13H2,1-3H3,(H2,19,20,21). The normalized spacial score (nSPS) is 14.4. The van der Waals surface area contributed by atoms with Crippen LogP contribution in [0.3, 0.4) is 0 Å². The second-order valence-electron chi connectivity index (χ2n) is 5.62. The van der Waals surface area contributed by atoms with Gasteiger partial charge in [-0.3, -0.25) is 4.99 Å². The summed E-state index contributed by atoms with van der Waals surface area (Å²) in [6, 6.07) is 15.0. The summed E-state index contributed by atoms with van der Waals surface area (Å²) in [6.07, 6.45) is 1.11. The quantitative estimate of drug-likeness (QED) is 0.627. The maximum absolute atomic E-state index is 4.32. The molecule has 0 amide bonds. The van der Waals surface area contributed by atoms with Crippen LogP contribution in [0.15, 0.2) is 52.8 Å². The van der Waals surface area contributed by atoms with Crippen LogP contribution in [0, 0.1) is 5.92 Å². The highest BCUT2D eigenvalue weighted by molar-refractivity contribution is 7.09. The van der Waals surface area contributed by atoms with Gasteiger partial charge in [0.1, 0.15) is 0 Å². The van der Waals surface area contributed by atoms with Gasteiger partial charge in [0.15, 0.2) is 5.96 Å². The van der Waals surface area contributed by atoms with E-state index in [2.05, 4.69) is 71.3 Å². The lowest BCUT2D eigenvalue weighted by molar-refractivity contribution is 0.556. The molecule has 0 aliphatic rings. The fourth-order valence-corrected chi connectivity index (χ4v) is 3.21. The molecule has 0 spiro atoms. The zero-order valence-electron chi connectivity index (χ0n) is 13.5. The Morgan fingerprint density at radius 3 is 2.55 bits per heavy atom. The summed E-state index contributed by atoms with van der Waals surface area (Å²) in [7, 11) is 1.82. The van der Waals surface area contributed by atoms with Crippen LogP contribution in [-0.2, 0) is 6.42 Å². The van der Waals surface area contributed by atoms with Crippen molar-refractivity contribution in [3.8, 4) is 0 Å². The van der Waals surface area contributed by atoms with Crippen LogP contribution in [0.5, 0.6) is 0 Å². The third kappa shape index (κ3) is 5.19. The molecule has 0 fully saturated rings. The Kier molecular flexibility index (Phi) is 6.46. The Labute approximate surface area is 137 Å². The smallest absolute Gasteiger partial charge is 0.191 e. The number of hydrogen-bond donors (Lipinski definition) is 2. The van der Waals surface area contributed by atoms with E-state index in [9.17, 15) is 0 Å². The number of nitrogens with one attached hydrogen (secondary N) is 2. The summed E-state index contributed by atoms with van der Waals surface area (Å²) >= 11 is 1.83. The van der Waals surface area contributed by atoms with Crippen molar-refractivity contribution in [2.45, 2.75) is 26.3 Å². The minimum Gasteiger partial charge on any atom is -0.356 e. The predicted octanol–water partition coefficient (Wildman–Crippen LogP) is 3.85. The predicted molar refractivity (Wildman–Crippen MR) is 96.5 cm³/mol. The van der Waals surface area contributed by atoms with Gasteiger partial charge in [-0.05, 0) is 36.3 Å². The Hall–Kier alpha value is -1.81. The molecular formula is C18H25N3S. The highest BCUT2D eigenvalue weighted by atomic mass is 32.1. The highest BCUT2D eigenvalue weighted by Crippen LogP contribution is 2.14. The van der Waals surface area contributed by atoms with Crippen LogP contribution < -0.4 is 10.6 Å². The van der Waals surface area contributed by atoms with Gasteiger partial charge in [0.2, 0.25) is 0 Å². The van der Waals surface area contributed by atoms with Crippen LogP contribution >= 0.6 is 11.3 Å². The minimum atomic E-state index is 0.236. The first kappa shape index (κ1) is 16.6. The van der Waals surface area contributed by atoms with E-state index >= 15 is 0 Å². The molecule has 0 bridgehead atoms. The maximum atomic E-state index is 4.32. The van der Waals surface area contributed by atoms with E-state index in [0.29, 0.717) is 5.92 Å². The first-order valence-electron chi connectivity index (χ1n) is 7.73. The molecule has 0 aliphatic carbocycles. The molecule has 0 aliphatic heterocycles. The van der Waals surface area contributed by atoms with Crippen molar-refractivity contribution >= 4 is 17.3 Å². The zero-order valence-corrected chi connectivity index (χ0v) is 14.4. The maximum Gasteiger partial charge on any atom is 0.191 e. The van der Waals surface area contributed by atoms with E-state index in [0.717, 1.165) is 18.9 Å². The Morgan fingerprint density at radius 2 is 1.91 bits per heavy atom. The molecule has 22 heavy (non-hydrogen) atoms. The van der Waals surface area contributed by atoms with Gasteiger partial charge in [0.25, 0.3) is 0 Å². The molecule has 1 heterocycles. The second-order valence-corrected chi connectivity index (χ2v) is 6.65. The van der Waals surface area contributed by atoms with Gasteiger partial charge in [-0.1, -0.05) is 43.3 Å². The fourth-order valence-electron chi connectivity index (χ4n) is 2.34. The van der Waals surface area contributed by atoms with Gasteiger partial charge < -0.3 is 10.6 Å². The largest absolute Gasteiger partial charge is 0.356 e. The van der Waals surface area contributed by atoms with Gasteiger partial charge in [0, 0.05) is 18.5 Å².